The van der Waals surface area contributed by atoms with Crippen molar-refractivity contribution in [1.82, 2.24) is 5.32 Å². The topological polar surface area (TPSA) is 41.1 Å². The summed E-state index contributed by atoms with van der Waals surface area (Å²) in [6, 6.07) is 3.58. The van der Waals surface area contributed by atoms with Gasteiger partial charge in [-0.1, -0.05) is 13.3 Å². The first-order chi connectivity index (χ1) is 10.2. The van der Waals surface area contributed by atoms with Crippen molar-refractivity contribution in [2.75, 3.05) is 11.9 Å². The summed E-state index contributed by atoms with van der Waals surface area (Å²) in [6.07, 6.45) is 5.85. The maximum Gasteiger partial charge on any atom is 0.224 e. The predicted octanol–water partition coefficient (Wildman–Crippen LogP) is 3.55. The van der Waals surface area contributed by atoms with Crippen LogP contribution in [-0.4, -0.2) is 12.5 Å². The molecule has 1 atom stereocenters. The second kappa shape index (κ2) is 6.14. The Labute approximate surface area is 125 Å². The molecule has 114 valence electrons. The summed E-state index contributed by atoms with van der Waals surface area (Å²) in [5, 5.41) is 6.28. The lowest BCUT2D eigenvalue weighted by atomic mass is 9.76. The number of aryl methyl sites for hydroxylation is 1. The van der Waals surface area contributed by atoms with E-state index in [4.69, 9.17) is 0 Å². The number of fused-ring (bicyclic) bond motifs is 1. The van der Waals surface area contributed by atoms with Crippen LogP contribution in [0, 0.1) is 11.7 Å². The van der Waals surface area contributed by atoms with E-state index in [-0.39, 0.29) is 17.8 Å². The van der Waals surface area contributed by atoms with Crippen LogP contribution in [0.3, 0.4) is 0 Å². The largest absolute Gasteiger partial charge is 0.326 e. The van der Waals surface area contributed by atoms with Crippen LogP contribution in [0.25, 0.3) is 0 Å². The molecule has 4 heteroatoms. The van der Waals surface area contributed by atoms with Crippen molar-refractivity contribution in [2.24, 2.45) is 5.92 Å². The van der Waals surface area contributed by atoms with Gasteiger partial charge in [0.25, 0.3) is 0 Å². The van der Waals surface area contributed by atoms with Gasteiger partial charge in [0.15, 0.2) is 0 Å². The van der Waals surface area contributed by atoms with E-state index < -0.39 is 0 Å². The highest BCUT2D eigenvalue weighted by Gasteiger charge is 2.31. The quantitative estimate of drug-likeness (QED) is 0.870. The molecular weight excluding hydrogens is 267 g/mol. The van der Waals surface area contributed by atoms with Gasteiger partial charge in [0.1, 0.15) is 5.82 Å². The van der Waals surface area contributed by atoms with Crippen molar-refractivity contribution in [1.29, 1.82) is 0 Å². The van der Waals surface area contributed by atoms with Crippen molar-refractivity contribution in [2.45, 2.75) is 51.5 Å². The molecular formula is C17H23FN2O. The molecule has 2 aliphatic rings. The number of nitrogens with one attached hydrogen (secondary N) is 2. The molecule has 1 saturated carbocycles. The normalized spacial score (nSPS) is 19.6. The number of hydrogen-bond donors (Lipinski definition) is 2. The van der Waals surface area contributed by atoms with Crippen LogP contribution in [0.2, 0.25) is 0 Å². The Bertz CT molecular complexity index is 540. The monoisotopic (exact) mass is 290 g/mol. The standard InChI is InChI=1S/C17H23FN2O/c1-2-8-19-17(11-4-3-5-11)13-9-12-6-7-16(21)20-15(12)10-14(13)18/h9-11,17,19H,2-8H2,1H3,(H,20,21). The lowest BCUT2D eigenvalue weighted by Gasteiger charge is -2.35. The predicted molar refractivity (Wildman–Crippen MR) is 81.7 cm³/mol. The summed E-state index contributed by atoms with van der Waals surface area (Å²) in [5.41, 5.74) is 2.49. The number of rotatable bonds is 5. The van der Waals surface area contributed by atoms with Crippen LogP contribution in [0.5, 0.6) is 0 Å². The summed E-state index contributed by atoms with van der Waals surface area (Å²) in [5.74, 6) is 0.327. The third-order valence-electron chi connectivity index (χ3n) is 4.69. The van der Waals surface area contributed by atoms with Crippen LogP contribution in [0.4, 0.5) is 10.1 Å². The molecule has 1 aromatic rings. The molecule has 0 spiro atoms. The van der Waals surface area contributed by atoms with Gasteiger partial charge in [-0.25, -0.2) is 4.39 Å². The third kappa shape index (κ3) is 2.95. The molecule has 1 aliphatic heterocycles. The second-order valence-corrected chi connectivity index (χ2v) is 6.20. The zero-order valence-corrected chi connectivity index (χ0v) is 12.5. The Balaban J connectivity index is 1.89. The fourth-order valence-corrected chi connectivity index (χ4v) is 3.26. The first-order valence-corrected chi connectivity index (χ1v) is 8.04. The highest BCUT2D eigenvalue weighted by molar-refractivity contribution is 5.93. The molecule has 1 aromatic carbocycles. The van der Waals surface area contributed by atoms with Gasteiger partial charge in [0.05, 0.1) is 0 Å². The molecule has 21 heavy (non-hydrogen) atoms. The van der Waals surface area contributed by atoms with E-state index in [2.05, 4.69) is 17.6 Å². The Morgan fingerprint density at radius 3 is 2.86 bits per heavy atom. The zero-order valence-electron chi connectivity index (χ0n) is 12.5. The number of halogens is 1. The summed E-state index contributed by atoms with van der Waals surface area (Å²) in [4.78, 5) is 11.4. The SMILES string of the molecule is CCCNC(c1cc2c(cc1F)NC(=O)CC2)C1CCC1. The number of benzene rings is 1. The molecule has 2 N–H and O–H groups in total. The summed E-state index contributed by atoms with van der Waals surface area (Å²) in [7, 11) is 0. The number of carbonyl (C=O) groups is 1. The van der Waals surface area contributed by atoms with Crippen LogP contribution >= 0.6 is 0 Å². The minimum atomic E-state index is -0.198. The van der Waals surface area contributed by atoms with Crippen molar-refractivity contribution in [3.05, 3.63) is 29.1 Å². The van der Waals surface area contributed by atoms with Crippen molar-refractivity contribution < 1.29 is 9.18 Å². The highest BCUT2D eigenvalue weighted by Crippen LogP contribution is 2.40. The Kier molecular flexibility index (Phi) is 4.24. The Morgan fingerprint density at radius 2 is 2.19 bits per heavy atom. The highest BCUT2D eigenvalue weighted by atomic mass is 19.1. The Hall–Kier alpha value is -1.42. The van der Waals surface area contributed by atoms with E-state index >= 15 is 0 Å². The molecule has 0 aromatic heterocycles. The van der Waals surface area contributed by atoms with Gasteiger partial charge in [-0.15, -0.1) is 0 Å². The van der Waals surface area contributed by atoms with E-state index in [1.54, 1.807) is 0 Å². The summed E-state index contributed by atoms with van der Waals surface area (Å²) < 4.78 is 14.5. The Morgan fingerprint density at radius 1 is 1.38 bits per heavy atom. The molecule has 1 unspecified atom stereocenters. The third-order valence-corrected chi connectivity index (χ3v) is 4.69. The van der Waals surface area contributed by atoms with Crippen molar-refractivity contribution in [3.63, 3.8) is 0 Å². The van der Waals surface area contributed by atoms with Gasteiger partial charge in [0.2, 0.25) is 5.91 Å². The van der Waals surface area contributed by atoms with E-state index in [1.807, 2.05) is 6.07 Å². The van der Waals surface area contributed by atoms with E-state index in [1.165, 1.54) is 25.3 Å². The molecule has 1 heterocycles. The maximum atomic E-state index is 14.5. The van der Waals surface area contributed by atoms with Gasteiger partial charge in [-0.05, 0) is 55.8 Å². The van der Waals surface area contributed by atoms with Crippen LogP contribution in [0.15, 0.2) is 12.1 Å². The molecule has 1 aliphatic carbocycles. The second-order valence-electron chi connectivity index (χ2n) is 6.20. The van der Waals surface area contributed by atoms with Gasteiger partial charge in [-0.2, -0.15) is 0 Å². The van der Waals surface area contributed by atoms with Gasteiger partial charge < -0.3 is 10.6 Å². The average Bonchev–Trinajstić information content (AvgIpc) is 2.40. The van der Waals surface area contributed by atoms with Crippen molar-refractivity contribution in [3.8, 4) is 0 Å². The average molecular weight is 290 g/mol. The molecule has 0 bridgehead atoms. The van der Waals surface area contributed by atoms with Crippen molar-refractivity contribution >= 4 is 11.6 Å². The first-order valence-electron chi connectivity index (χ1n) is 8.04. The van der Waals surface area contributed by atoms with E-state index in [0.717, 1.165) is 24.1 Å². The molecule has 3 nitrogen and oxygen atoms in total. The number of carbonyl (C=O) groups excluding carboxylic acids is 1. The van der Waals surface area contributed by atoms with Gasteiger partial charge >= 0.3 is 0 Å². The number of anilines is 1. The molecule has 0 saturated heterocycles. The number of hydrogen-bond acceptors (Lipinski definition) is 2. The van der Waals surface area contributed by atoms with Gasteiger partial charge in [-0.3, -0.25) is 4.79 Å². The lowest BCUT2D eigenvalue weighted by molar-refractivity contribution is -0.116. The number of amides is 1. The van der Waals surface area contributed by atoms with E-state index in [9.17, 15) is 9.18 Å². The van der Waals surface area contributed by atoms with Crippen LogP contribution in [0.1, 0.15) is 56.2 Å². The maximum absolute atomic E-state index is 14.5. The summed E-state index contributed by atoms with van der Waals surface area (Å²) in [6.45, 7) is 3.04. The summed E-state index contributed by atoms with van der Waals surface area (Å²) >= 11 is 0. The first kappa shape index (κ1) is 14.5. The smallest absolute Gasteiger partial charge is 0.224 e. The molecule has 1 fully saturated rings. The zero-order chi connectivity index (χ0) is 14.8. The van der Waals surface area contributed by atoms with Crippen LogP contribution < -0.4 is 10.6 Å². The molecule has 3 rings (SSSR count). The van der Waals surface area contributed by atoms with E-state index in [0.29, 0.717) is 24.4 Å². The lowest BCUT2D eigenvalue weighted by Crippen LogP contribution is -2.33. The van der Waals surface area contributed by atoms with Crippen LogP contribution in [-0.2, 0) is 11.2 Å². The fraction of sp³-hybridized carbons (Fsp3) is 0.588. The fourth-order valence-electron chi connectivity index (χ4n) is 3.26. The minimum Gasteiger partial charge on any atom is -0.326 e. The van der Waals surface area contributed by atoms with Gasteiger partial charge in [0, 0.05) is 23.7 Å². The minimum absolute atomic E-state index is 0.0192. The molecule has 1 amide bonds. The molecule has 0 radical (unpaired) electrons.